The second-order valence-corrected chi connectivity index (χ2v) is 5.48. The van der Waals surface area contributed by atoms with Crippen LogP contribution < -0.4 is 5.32 Å². The van der Waals surface area contributed by atoms with Crippen LogP contribution in [0, 0.1) is 5.41 Å². The van der Waals surface area contributed by atoms with Gasteiger partial charge in [-0.1, -0.05) is 25.8 Å². The first-order valence-electron chi connectivity index (χ1n) is 6.87. The molecule has 0 aliphatic heterocycles. The van der Waals surface area contributed by atoms with Crippen LogP contribution in [0.2, 0.25) is 0 Å². The van der Waals surface area contributed by atoms with Gasteiger partial charge in [-0.2, -0.15) is 0 Å². The van der Waals surface area contributed by atoms with Crippen LogP contribution >= 0.6 is 0 Å². The number of hydrogen-bond acceptors (Lipinski definition) is 3. The quantitative estimate of drug-likeness (QED) is 0.751. The summed E-state index contributed by atoms with van der Waals surface area (Å²) in [7, 11) is 0. The van der Waals surface area contributed by atoms with E-state index in [1.165, 1.54) is 38.2 Å². The lowest BCUT2D eigenvalue weighted by Crippen LogP contribution is -2.31. The van der Waals surface area contributed by atoms with E-state index < -0.39 is 0 Å². The molecule has 3 nitrogen and oxygen atoms in total. The third-order valence-corrected chi connectivity index (χ3v) is 4.30. The topological polar surface area (TPSA) is 52.5 Å². The minimum atomic E-state index is 0.108. The molecule has 1 aromatic rings. The van der Waals surface area contributed by atoms with Gasteiger partial charge >= 0.3 is 0 Å². The minimum absolute atomic E-state index is 0.108. The molecule has 0 radical (unpaired) electrons. The van der Waals surface area contributed by atoms with Crippen molar-refractivity contribution in [3.8, 4) is 11.5 Å². The Morgan fingerprint density at radius 1 is 1.22 bits per heavy atom. The fourth-order valence-corrected chi connectivity index (χ4v) is 2.94. The molecule has 1 aromatic carbocycles. The standard InChI is InChI=1S/C15H23NO2/c1-2-15(7-3-4-8-15)11-16-10-12-5-6-13(17)9-14(12)18/h5-6,9,16-18H,2-4,7-8,10-11H2,1H3. The average Bonchev–Trinajstić information content (AvgIpc) is 2.81. The van der Waals surface area contributed by atoms with Gasteiger partial charge in [-0.25, -0.2) is 0 Å². The number of hydrogen-bond donors (Lipinski definition) is 3. The van der Waals surface area contributed by atoms with Gasteiger partial charge in [-0.05, 0) is 30.7 Å². The molecule has 3 N–H and O–H groups in total. The SMILES string of the molecule is CCC1(CNCc2ccc(O)cc2O)CCCC1. The van der Waals surface area contributed by atoms with E-state index in [4.69, 9.17) is 0 Å². The molecule has 0 unspecified atom stereocenters. The van der Waals surface area contributed by atoms with Gasteiger partial charge in [0.2, 0.25) is 0 Å². The minimum Gasteiger partial charge on any atom is -0.508 e. The fraction of sp³-hybridized carbons (Fsp3) is 0.600. The van der Waals surface area contributed by atoms with Gasteiger partial charge in [0.05, 0.1) is 0 Å². The lowest BCUT2D eigenvalue weighted by atomic mass is 9.83. The fourth-order valence-electron chi connectivity index (χ4n) is 2.94. The Bertz CT molecular complexity index is 397. The van der Waals surface area contributed by atoms with Crippen LogP contribution in [0.25, 0.3) is 0 Å². The monoisotopic (exact) mass is 249 g/mol. The van der Waals surface area contributed by atoms with Gasteiger partial charge < -0.3 is 15.5 Å². The normalized spacial score (nSPS) is 18.1. The van der Waals surface area contributed by atoms with Gasteiger partial charge in [0, 0.05) is 24.7 Å². The van der Waals surface area contributed by atoms with E-state index in [1.807, 2.05) is 0 Å². The summed E-state index contributed by atoms with van der Waals surface area (Å²) in [6.45, 7) is 3.95. The summed E-state index contributed by atoms with van der Waals surface area (Å²) in [5.41, 5.74) is 1.31. The number of nitrogens with one attached hydrogen (secondary N) is 1. The van der Waals surface area contributed by atoms with Crippen LogP contribution in [0.3, 0.4) is 0 Å². The number of rotatable bonds is 5. The predicted molar refractivity (Wildman–Crippen MR) is 72.7 cm³/mol. The summed E-state index contributed by atoms with van der Waals surface area (Å²) in [5.74, 6) is 0.275. The molecule has 0 bridgehead atoms. The molecule has 0 atom stereocenters. The summed E-state index contributed by atoms with van der Waals surface area (Å²) in [6, 6.07) is 4.77. The lowest BCUT2D eigenvalue weighted by Gasteiger charge is -2.27. The van der Waals surface area contributed by atoms with Crippen molar-refractivity contribution in [1.82, 2.24) is 5.32 Å². The van der Waals surface area contributed by atoms with Crippen molar-refractivity contribution < 1.29 is 10.2 Å². The Labute approximate surface area is 109 Å². The molecule has 0 aromatic heterocycles. The Morgan fingerprint density at radius 2 is 1.94 bits per heavy atom. The van der Waals surface area contributed by atoms with E-state index in [0.717, 1.165) is 12.1 Å². The van der Waals surface area contributed by atoms with E-state index in [1.54, 1.807) is 12.1 Å². The Balaban J connectivity index is 1.88. The number of phenols is 2. The van der Waals surface area contributed by atoms with Gasteiger partial charge in [-0.3, -0.25) is 0 Å². The van der Waals surface area contributed by atoms with Gasteiger partial charge in [0.25, 0.3) is 0 Å². The molecular formula is C15H23NO2. The lowest BCUT2D eigenvalue weighted by molar-refractivity contribution is 0.267. The summed E-state index contributed by atoms with van der Waals surface area (Å²) >= 11 is 0. The zero-order chi connectivity index (χ0) is 13.0. The molecular weight excluding hydrogens is 226 g/mol. The Hall–Kier alpha value is -1.22. The first-order valence-corrected chi connectivity index (χ1v) is 6.87. The zero-order valence-corrected chi connectivity index (χ0v) is 11.1. The summed E-state index contributed by atoms with van der Waals surface area (Å²) < 4.78 is 0. The molecule has 2 rings (SSSR count). The van der Waals surface area contributed by atoms with Gasteiger partial charge in [0.15, 0.2) is 0 Å². The molecule has 0 amide bonds. The summed E-state index contributed by atoms with van der Waals surface area (Å²) in [4.78, 5) is 0. The van der Waals surface area contributed by atoms with E-state index in [-0.39, 0.29) is 11.5 Å². The van der Waals surface area contributed by atoms with Gasteiger partial charge in [-0.15, -0.1) is 0 Å². The molecule has 0 heterocycles. The van der Waals surface area contributed by atoms with Gasteiger partial charge in [0.1, 0.15) is 11.5 Å². The van der Waals surface area contributed by atoms with Crippen LogP contribution in [0.15, 0.2) is 18.2 Å². The largest absolute Gasteiger partial charge is 0.508 e. The van der Waals surface area contributed by atoms with E-state index in [9.17, 15) is 10.2 Å². The van der Waals surface area contributed by atoms with Crippen molar-refractivity contribution in [2.45, 2.75) is 45.6 Å². The van der Waals surface area contributed by atoms with Crippen molar-refractivity contribution in [2.24, 2.45) is 5.41 Å². The third kappa shape index (κ3) is 2.96. The molecule has 3 heteroatoms. The van der Waals surface area contributed by atoms with Crippen LogP contribution in [0.5, 0.6) is 11.5 Å². The van der Waals surface area contributed by atoms with Crippen LogP contribution in [-0.4, -0.2) is 16.8 Å². The zero-order valence-electron chi connectivity index (χ0n) is 11.1. The Kier molecular flexibility index (Phi) is 4.12. The van der Waals surface area contributed by atoms with E-state index in [0.29, 0.717) is 12.0 Å². The second-order valence-electron chi connectivity index (χ2n) is 5.48. The molecule has 1 fully saturated rings. The van der Waals surface area contributed by atoms with Crippen molar-refractivity contribution >= 4 is 0 Å². The molecule has 1 aliphatic carbocycles. The smallest absolute Gasteiger partial charge is 0.123 e. The maximum absolute atomic E-state index is 9.70. The van der Waals surface area contributed by atoms with E-state index >= 15 is 0 Å². The second kappa shape index (κ2) is 5.61. The van der Waals surface area contributed by atoms with Crippen molar-refractivity contribution in [1.29, 1.82) is 0 Å². The molecule has 1 aliphatic rings. The number of phenolic OH excluding ortho intramolecular Hbond substituents is 2. The van der Waals surface area contributed by atoms with Crippen molar-refractivity contribution in [3.63, 3.8) is 0 Å². The van der Waals surface area contributed by atoms with Crippen molar-refractivity contribution in [3.05, 3.63) is 23.8 Å². The number of benzene rings is 1. The highest BCUT2D eigenvalue weighted by atomic mass is 16.3. The average molecular weight is 249 g/mol. The first kappa shape index (κ1) is 13.2. The summed E-state index contributed by atoms with van der Waals surface area (Å²) in [6.07, 6.45) is 6.55. The van der Waals surface area contributed by atoms with Crippen LogP contribution in [0.4, 0.5) is 0 Å². The maximum Gasteiger partial charge on any atom is 0.123 e. The predicted octanol–water partition coefficient (Wildman–Crippen LogP) is 3.16. The summed E-state index contributed by atoms with van der Waals surface area (Å²) in [5, 5.41) is 22.4. The van der Waals surface area contributed by atoms with Crippen LogP contribution in [-0.2, 0) is 6.54 Å². The molecule has 0 saturated heterocycles. The molecule has 0 spiro atoms. The molecule has 100 valence electrons. The van der Waals surface area contributed by atoms with Crippen LogP contribution in [0.1, 0.15) is 44.6 Å². The maximum atomic E-state index is 9.70. The number of aromatic hydroxyl groups is 2. The molecule has 18 heavy (non-hydrogen) atoms. The highest BCUT2D eigenvalue weighted by molar-refractivity contribution is 5.38. The van der Waals surface area contributed by atoms with E-state index in [2.05, 4.69) is 12.2 Å². The Morgan fingerprint density at radius 3 is 2.56 bits per heavy atom. The third-order valence-electron chi connectivity index (χ3n) is 4.30. The highest BCUT2D eigenvalue weighted by Crippen LogP contribution is 2.40. The molecule has 1 saturated carbocycles. The van der Waals surface area contributed by atoms with Crippen molar-refractivity contribution in [2.75, 3.05) is 6.54 Å². The highest BCUT2D eigenvalue weighted by Gasteiger charge is 2.31. The first-order chi connectivity index (χ1) is 8.65.